The molecule has 0 bridgehead atoms. The van der Waals surface area contributed by atoms with E-state index in [1.165, 1.54) is 37.3 Å². The molecule has 7 heteroatoms. The van der Waals surface area contributed by atoms with Gasteiger partial charge >= 0.3 is 0 Å². The minimum atomic E-state index is -3.90. The number of nitrogens with two attached hydrogens (primary N) is 1. The van der Waals surface area contributed by atoms with E-state index in [9.17, 15) is 17.9 Å². The van der Waals surface area contributed by atoms with Gasteiger partial charge in [0.15, 0.2) is 0 Å². The number of phenolic OH excluding ortho intramolecular Hbond substituents is 1. The normalized spacial score (nSPS) is 11.3. The van der Waals surface area contributed by atoms with Crippen molar-refractivity contribution in [2.45, 2.75) is 11.8 Å². The molecule has 2 rings (SSSR count). The molecule has 20 heavy (non-hydrogen) atoms. The predicted molar refractivity (Wildman–Crippen MR) is 74.5 cm³/mol. The number of nitrogen functional groups attached to an aromatic ring is 1. The van der Waals surface area contributed by atoms with E-state index < -0.39 is 15.8 Å². The van der Waals surface area contributed by atoms with E-state index >= 15 is 0 Å². The number of sulfonamides is 1. The monoisotopic (exact) mass is 296 g/mol. The van der Waals surface area contributed by atoms with Gasteiger partial charge in [-0.15, -0.1) is 0 Å². The van der Waals surface area contributed by atoms with Gasteiger partial charge in [0.25, 0.3) is 10.0 Å². The number of aromatic hydroxyl groups is 1. The molecule has 0 radical (unpaired) electrons. The number of phenols is 1. The van der Waals surface area contributed by atoms with Crippen molar-refractivity contribution in [3.8, 4) is 5.75 Å². The Labute approximate surface area is 115 Å². The summed E-state index contributed by atoms with van der Waals surface area (Å²) < 4.78 is 40.0. The van der Waals surface area contributed by atoms with E-state index in [2.05, 4.69) is 4.72 Å². The van der Waals surface area contributed by atoms with E-state index in [1.807, 2.05) is 0 Å². The standard InChI is InChI=1S/C13H13FN2O3S/c1-8-10(14)3-2-4-12(8)16-20(18,19)9-5-6-13(17)11(15)7-9/h2-7,16-17H,15H2,1H3. The van der Waals surface area contributed by atoms with E-state index in [0.717, 1.165) is 6.07 Å². The van der Waals surface area contributed by atoms with Crippen molar-refractivity contribution >= 4 is 21.4 Å². The predicted octanol–water partition coefficient (Wildman–Crippen LogP) is 2.22. The zero-order valence-electron chi connectivity index (χ0n) is 10.6. The van der Waals surface area contributed by atoms with Crippen LogP contribution in [0, 0.1) is 12.7 Å². The summed E-state index contributed by atoms with van der Waals surface area (Å²) in [5, 5.41) is 9.29. The van der Waals surface area contributed by atoms with Crippen molar-refractivity contribution in [3.63, 3.8) is 0 Å². The Morgan fingerprint density at radius 1 is 1.25 bits per heavy atom. The molecule has 0 aromatic heterocycles. The van der Waals surface area contributed by atoms with Crippen LogP contribution in [0.5, 0.6) is 5.75 Å². The van der Waals surface area contributed by atoms with Gasteiger partial charge in [-0.2, -0.15) is 0 Å². The van der Waals surface area contributed by atoms with Crippen LogP contribution in [-0.2, 0) is 10.0 Å². The summed E-state index contributed by atoms with van der Waals surface area (Å²) in [5.41, 5.74) is 5.76. The molecule has 0 saturated carbocycles. The largest absolute Gasteiger partial charge is 0.506 e. The van der Waals surface area contributed by atoms with Crippen LogP contribution < -0.4 is 10.5 Å². The summed E-state index contributed by atoms with van der Waals surface area (Å²) in [6, 6.07) is 7.63. The fraction of sp³-hybridized carbons (Fsp3) is 0.0769. The van der Waals surface area contributed by atoms with E-state index in [4.69, 9.17) is 5.73 Å². The molecule has 0 saturated heterocycles. The third-order valence-corrected chi connectivity index (χ3v) is 4.18. The first-order chi connectivity index (χ1) is 9.31. The molecule has 0 amide bonds. The number of benzene rings is 2. The maximum Gasteiger partial charge on any atom is 0.261 e. The lowest BCUT2D eigenvalue weighted by Crippen LogP contribution is -2.14. The van der Waals surface area contributed by atoms with E-state index in [0.29, 0.717) is 0 Å². The van der Waals surface area contributed by atoms with Gasteiger partial charge in [-0.1, -0.05) is 6.07 Å². The van der Waals surface area contributed by atoms with E-state index in [1.54, 1.807) is 0 Å². The van der Waals surface area contributed by atoms with Gasteiger partial charge in [0.05, 0.1) is 16.3 Å². The molecule has 4 N–H and O–H groups in total. The van der Waals surface area contributed by atoms with Crippen molar-refractivity contribution in [1.82, 2.24) is 0 Å². The van der Waals surface area contributed by atoms with Crippen LogP contribution in [0.15, 0.2) is 41.3 Å². The molecule has 0 atom stereocenters. The maximum atomic E-state index is 13.4. The molecule has 0 aliphatic carbocycles. The highest BCUT2D eigenvalue weighted by molar-refractivity contribution is 7.92. The second kappa shape index (κ2) is 5.01. The Kier molecular flexibility index (Phi) is 3.54. The minimum absolute atomic E-state index is 0.0520. The van der Waals surface area contributed by atoms with Gasteiger partial charge in [0.1, 0.15) is 11.6 Å². The molecule has 2 aromatic carbocycles. The maximum absolute atomic E-state index is 13.4. The average Bonchev–Trinajstić information content (AvgIpc) is 2.38. The number of anilines is 2. The van der Waals surface area contributed by atoms with Gasteiger partial charge in [-0.05, 0) is 37.3 Å². The van der Waals surface area contributed by atoms with Crippen molar-refractivity contribution in [2.75, 3.05) is 10.5 Å². The Bertz CT molecular complexity index is 760. The summed E-state index contributed by atoms with van der Waals surface area (Å²) in [4.78, 5) is -0.114. The third kappa shape index (κ3) is 2.67. The van der Waals surface area contributed by atoms with E-state index in [-0.39, 0.29) is 27.6 Å². The summed E-state index contributed by atoms with van der Waals surface area (Å²) in [7, 11) is -3.90. The van der Waals surface area contributed by atoms with Crippen molar-refractivity contribution in [3.05, 3.63) is 47.8 Å². The number of hydrogen-bond acceptors (Lipinski definition) is 4. The topological polar surface area (TPSA) is 92.4 Å². The van der Waals surface area contributed by atoms with Gasteiger partial charge in [-0.3, -0.25) is 4.72 Å². The van der Waals surface area contributed by atoms with Crippen LogP contribution in [-0.4, -0.2) is 13.5 Å². The van der Waals surface area contributed by atoms with Crippen LogP contribution in [0.25, 0.3) is 0 Å². The molecule has 106 valence electrons. The molecule has 0 aliphatic rings. The zero-order valence-corrected chi connectivity index (χ0v) is 11.4. The number of rotatable bonds is 3. The molecular weight excluding hydrogens is 283 g/mol. The first-order valence-corrected chi connectivity index (χ1v) is 7.16. The van der Waals surface area contributed by atoms with Crippen molar-refractivity contribution < 1.29 is 17.9 Å². The van der Waals surface area contributed by atoms with Gasteiger partial charge in [0.2, 0.25) is 0 Å². The molecular formula is C13H13FN2O3S. The van der Waals surface area contributed by atoms with Crippen molar-refractivity contribution in [2.24, 2.45) is 0 Å². The van der Waals surface area contributed by atoms with Gasteiger partial charge in [0, 0.05) is 5.56 Å². The quantitative estimate of drug-likeness (QED) is 0.598. The highest BCUT2D eigenvalue weighted by atomic mass is 32.2. The molecule has 0 unspecified atom stereocenters. The smallest absolute Gasteiger partial charge is 0.261 e. The van der Waals surface area contributed by atoms with Crippen LogP contribution in [0.4, 0.5) is 15.8 Å². The lowest BCUT2D eigenvalue weighted by atomic mass is 10.2. The van der Waals surface area contributed by atoms with Crippen molar-refractivity contribution in [1.29, 1.82) is 0 Å². The van der Waals surface area contributed by atoms with Crippen LogP contribution >= 0.6 is 0 Å². The number of hydrogen-bond donors (Lipinski definition) is 3. The Morgan fingerprint density at radius 2 is 1.95 bits per heavy atom. The first kappa shape index (κ1) is 14.1. The Balaban J connectivity index is 2.41. The van der Waals surface area contributed by atoms with Gasteiger partial charge < -0.3 is 10.8 Å². The fourth-order valence-electron chi connectivity index (χ4n) is 1.62. The lowest BCUT2D eigenvalue weighted by Gasteiger charge is -2.11. The second-order valence-corrected chi connectivity index (χ2v) is 5.92. The average molecular weight is 296 g/mol. The summed E-state index contributed by atoms with van der Waals surface area (Å²) in [6.07, 6.45) is 0. The summed E-state index contributed by atoms with van der Waals surface area (Å²) >= 11 is 0. The molecule has 0 fully saturated rings. The Hall–Kier alpha value is -2.28. The van der Waals surface area contributed by atoms with Crippen LogP contribution in [0.1, 0.15) is 5.56 Å². The third-order valence-electron chi connectivity index (χ3n) is 2.82. The highest BCUT2D eigenvalue weighted by Crippen LogP contribution is 2.26. The minimum Gasteiger partial charge on any atom is -0.506 e. The molecule has 0 heterocycles. The summed E-state index contributed by atoms with van der Waals surface area (Å²) in [6.45, 7) is 1.47. The van der Waals surface area contributed by atoms with Crippen LogP contribution in [0.3, 0.4) is 0 Å². The van der Waals surface area contributed by atoms with Crippen LogP contribution in [0.2, 0.25) is 0 Å². The lowest BCUT2D eigenvalue weighted by molar-refractivity contribution is 0.477. The molecule has 0 aliphatic heterocycles. The number of halogens is 1. The molecule has 5 nitrogen and oxygen atoms in total. The number of nitrogens with one attached hydrogen (secondary N) is 1. The second-order valence-electron chi connectivity index (χ2n) is 4.24. The zero-order chi connectivity index (χ0) is 14.9. The summed E-state index contributed by atoms with van der Waals surface area (Å²) in [5.74, 6) is -0.707. The first-order valence-electron chi connectivity index (χ1n) is 5.67. The van der Waals surface area contributed by atoms with Gasteiger partial charge in [-0.25, -0.2) is 12.8 Å². The SMILES string of the molecule is Cc1c(F)cccc1NS(=O)(=O)c1ccc(O)c(N)c1. The fourth-order valence-corrected chi connectivity index (χ4v) is 2.78. The Morgan fingerprint density at radius 3 is 2.60 bits per heavy atom. The highest BCUT2D eigenvalue weighted by Gasteiger charge is 2.17. The molecule has 0 spiro atoms. The molecule has 2 aromatic rings.